The minimum absolute atomic E-state index is 0.236. The maximum Gasteiger partial charge on any atom is 0.259 e. The molecule has 7 nitrogen and oxygen atoms in total. The standard InChI is InChI=1S/C15H22N4O3S/c1-4-5-17-15(10-19(20)21)18-6-7-23-11-14-12(2)8-13(22-14)9-16-3/h1,8,16H,5-7,9-11H2,2-3H3,(H,17,18). The van der Waals surface area contributed by atoms with Gasteiger partial charge in [0.15, 0.2) is 5.84 Å². The summed E-state index contributed by atoms with van der Waals surface area (Å²) in [5, 5.41) is 16.4. The maximum absolute atomic E-state index is 10.6. The van der Waals surface area contributed by atoms with Crippen molar-refractivity contribution in [2.45, 2.75) is 19.2 Å². The molecule has 0 aromatic carbocycles. The van der Waals surface area contributed by atoms with Gasteiger partial charge < -0.3 is 15.1 Å². The van der Waals surface area contributed by atoms with Crippen molar-refractivity contribution >= 4 is 17.6 Å². The molecule has 126 valence electrons. The van der Waals surface area contributed by atoms with Crippen molar-refractivity contribution in [1.29, 1.82) is 0 Å². The van der Waals surface area contributed by atoms with Gasteiger partial charge in [-0.1, -0.05) is 5.92 Å². The number of aliphatic imine (C=N–C) groups is 1. The lowest BCUT2D eigenvalue weighted by molar-refractivity contribution is -0.463. The SMILES string of the molecule is C#CCNC(C[N+](=O)[O-])=NCCSCc1oc(CNC)cc1C. The van der Waals surface area contributed by atoms with Crippen LogP contribution in [0.4, 0.5) is 0 Å². The zero-order valence-electron chi connectivity index (χ0n) is 13.4. The molecule has 2 N–H and O–H groups in total. The fourth-order valence-electron chi connectivity index (χ4n) is 1.84. The van der Waals surface area contributed by atoms with Crippen LogP contribution in [0.2, 0.25) is 0 Å². The molecule has 0 fully saturated rings. The van der Waals surface area contributed by atoms with Crippen LogP contribution >= 0.6 is 11.8 Å². The van der Waals surface area contributed by atoms with E-state index in [9.17, 15) is 10.1 Å². The van der Waals surface area contributed by atoms with Crippen LogP contribution in [0.1, 0.15) is 17.1 Å². The molecule has 0 aliphatic carbocycles. The summed E-state index contributed by atoms with van der Waals surface area (Å²) in [7, 11) is 1.88. The monoisotopic (exact) mass is 338 g/mol. The molecular formula is C15H22N4O3S. The van der Waals surface area contributed by atoms with Crippen molar-refractivity contribution in [1.82, 2.24) is 10.6 Å². The van der Waals surface area contributed by atoms with Gasteiger partial charge in [0.2, 0.25) is 0 Å². The van der Waals surface area contributed by atoms with Crippen molar-refractivity contribution < 1.29 is 9.34 Å². The molecule has 0 atom stereocenters. The van der Waals surface area contributed by atoms with Gasteiger partial charge in [-0.15, -0.1) is 6.42 Å². The number of terminal acetylenes is 1. The van der Waals surface area contributed by atoms with Crippen LogP contribution in [-0.4, -0.2) is 43.2 Å². The van der Waals surface area contributed by atoms with E-state index in [4.69, 9.17) is 10.8 Å². The zero-order valence-corrected chi connectivity index (χ0v) is 14.2. The number of aryl methyl sites for hydroxylation is 1. The second kappa shape index (κ2) is 10.7. The fourth-order valence-corrected chi connectivity index (χ4v) is 2.68. The van der Waals surface area contributed by atoms with Gasteiger partial charge in [-0.2, -0.15) is 11.8 Å². The molecule has 0 unspecified atom stereocenters. The highest BCUT2D eigenvalue weighted by atomic mass is 32.2. The number of hydrogen-bond acceptors (Lipinski definition) is 6. The number of amidine groups is 1. The molecule has 8 heteroatoms. The Bertz CT molecular complexity index is 578. The predicted octanol–water partition coefficient (Wildman–Crippen LogP) is 1.44. The summed E-state index contributed by atoms with van der Waals surface area (Å²) in [6.45, 7) is 3.13. The van der Waals surface area contributed by atoms with Gasteiger partial charge in [-0.25, -0.2) is 0 Å². The van der Waals surface area contributed by atoms with Gasteiger partial charge >= 0.3 is 0 Å². The third kappa shape index (κ3) is 7.72. The highest BCUT2D eigenvalue weighted by Gasteiger charge is 2.08. The lowest BCUT2D eigenvalue weighted by Crippen LogP contribution is -2.31. The Hall–Kier alpha value is -1.98. The first-order valence-corrected chi connectivity index (χ1v) is 8.35. The van der Waals surface area contributed by atoms with E-state index in [1.165, 1.54) is 0 Å². The Balaban J connectivity index is 2.38. The molecule has 1 aromatic rings. The third-order valence-electron chi connectivity index (χ3n) is 2.87. The van der Waals surface area contributed by atoms with Gasteiger partial charge in [0.05, 0.1) is 25.4 Å². The molecule has 1 heterocycles. The summed E-state index contributed by atoms with van der Waals surface area (Å²) in [5.41, 5.74) is 1.14. The first-order valence-electron chi connectivity index (χ1n) is 7.19. The Labute approximate surface area is 140 Å². The van der Waals surface area contributed by atoms with Crippen LogP contribution < -0.4 is 10.6 Å². The first-order chi connectivity index (χ1) is 11.1. The topological polar surface area (TPSA) is 92.7 Å². The zero-order chi connectivity index (χ0) is 17.1. The Morgan fingerprint density at radius 3 is 3.04 bits per heavy atom. The van der Waals surface area contributed by atoms with E-state index in [-0.39, 0.29) is 13.1 Å². The molecule has 0 spiro atoms. The molecule has 0 bridgehead atoms. The van der Waals surface area contributed by atoms with E-state index in [2.05, 4.69) is 21.5 Å². The van der Waals surface area contributed by atoms with Gasteiger partial charge in [0, 0.05) is 10.7 Å². The van der Waals surface area contributed by atoms with E-state index < -0.39 is 4.92 Å². The van der Waals surface area contributed by atoms with Crippen LogP contribution in [-0.2, 0) is 12.3 Å². The quantitative estimate of drug-likeness (QED) is 0.167. The van der Waals surface area contributed by atoms with Crippen LogP contribution in [0.5, 0.6) is 0 Å². The smallest absolute Gasteiger partial charge is 0.259 e. The number of rotatable bonds is 10. The molecule has 1 rings (SSSR count). The second-order valence-electron chi connectivity index (χ2n) is 4.78. The summed E-state index contributed by atoms with van der Waals surface area (Å²) >= 11 is 1.68. The number of thioether (sulfide) groups is 1. The number of hydrogen-bond donors (Lipinski definition) is 2. The summed E-state index contributed by atoms with van der Waals surface area (Å²) in [6.07, 6.45) is 5.13. The van der Waals surface area contributed by atoms with Gasteiger partial charge in [0.25, 0.3) is 6.54 Å². The molecule has 0 saturated carbocycles. The van der Waals surface area contributed by atoms with Crippen LogP contribution in [0.15, 0.2) is 15.5 Å². The Morgan fingerprint density at radius 1 is 1.61 bits per heavy atom. The average Bonchev–Trinajstić information content (AvgIpc) is 2.84. The average molecular weight is 338 g/mol. The molecule has 0 aliphatic rings. The van der Waals surface area contributed by atoms with Crippen LogP contribution in [0.25, 0.3) is 0 Å². The fraction of sp³-hybridized carbons (Fsp3) is 0.533. The van der Waals surface area contributed by atoms with Crippen molar-refractivity contribution in [2.24, 2.45) is 4.99 Å². The minimum atomic E-state index is -0.426. The first kappa shape index (κ1) is 19.1. The number of furan rings is 1. The highest BCUT2D eigenvalue weighted by molar-refractivity contribution is 7.98. The molecule has 1 aromatic heterocycles. The normalized spacial score (nSPS) is 11.3. The number of nitrogens with one attached hydrogen (secondary N) is 2. The summed E-state index contributed by atoms with van der Waals surface area (Å²) < 4.78 is 5.75. The van der Waals surface area contributed by atoms with Crippen LogP contribution in [0.3, 0.4) is 0 Å². The number of nitrogens with zero attached hydrogens (tertiary/aromatic N) is 2. The molecular weight excluding hydrogens is 316 g/mol. The third-order valence-corrected chi connectivity index (χ3v) is 3.81. The molecule has 0 saturated heterocycles. The lowest BCUT2D eigenvalue weighted by atomic mass is 10.3. The Kier molecular flexibility index (Phi) is 8.87. The largest absolute Gasteiger partial charge is 0.464 e. The predicted molar refractivity (Wildman–Crippen MR) is 93.4 cm³/mol. The van der Waals surface area contributed by atoms with Crippen molar-refractivity contribution in [3.05, 3.63) is 33.3 Å². The van der Waals surface area contributed by atoms with Crippen LogP contribution in [0, 0.1) is 29.4 Å². The summed E-state index contributed by atoms with van der Waals surface area (Å²) in [6, 6.07) is 2.03. The molecule has 23 heavy (non-hydrogen) atoms. The molecule has 0 radical (unpaired) electrons. The van der Waals surface area contributed by atoms with E-state index in [1.807, 2.05) is 20.0 Å². The number of nitro groups is 1. The van der Waals surface area contributed by atoms with Gasteiger partial charge in [0.1, 0.15) is 11.5 Å². The van der Waals surface area contributed by atoms with Gasteiger partial charge in [-0.05, 0) is 25.6 Å². The van der Waals surface area contributed by atoms with Crippen molar-refractivity contribution in [2.75, 3.05) is 32.4 Å². The summed E-state index contributed by atoms with van der Waals surface area (Å²) in [5.74, 6) is 6.08. The highest BCUT2D eigenvalue weighted by Crippen LogP contribution is 2.20. The van der Waals surface area contributed by atoms with Crippen molar-refractivity contribution in [3.63, 3.8) is 0 Å². The maximum atomic E-state index is 10.6. The van der Waals surface area contributed by atoms with E-state index in [0.717, 1.165) is 28.6 Å². The Morgan fingerprint density at radius 2 is 2.39 bits per heavy atom. The van der Waals surface area contributed by atoms with E-state index >= 15 is 0 Å². The lowest BCUT2D eigenvalue weighted by Gasteiger charge is -2.03. The molecule has 0 aliphatic heterocycles. The molecule has 0 amide bonds. The van der Waals surface area contributed by atoms with Gasteiger partial charge in [-0.3, -0.25) is 15.1 Å². The van der Waals surface area contributed by atoms with Crippen molar-refractivity contribution in [3.8, 4) is 12.3 Å². The minimum Gasteiger partial charge on any atom is -0.464 e. The second-order valence-corrected chi connectivity index (χ2v) is 5.88. The van der Waals surface area contributed by atoms with E-state index in [1.54, 1.807) is 11.8 Å². The summed E-state index contributed by atoms with van der Waals surface area (Å²) in [4.78, 5) is 14.3. The van der Waals surface area contributed by atoms with E-state index in [0.29, 0.717) is 18.9 Å².